The highest BCUT2D eigenvalue weighted by Gasteiger charge is 2.08. The second-order valence-electron chi connectivity index (χ2n) is 4.19. The average molecular weight is 260 g/mol. The Morgan fingerprint density at radius 2 is 1.79 bits per heavy atom. The Hall–Kier alpha value is -2.63. The van der Waals surface area contributed by atoms with Crippen molar-refractivity contribution in [2.24, 2.45) is 0 Å². The quantitative estimate of drug-likeness (QED) is 0.754. The zero-order chi connectivity index (χ0) is 14.0. The van der Waals surface area contributed by atoms with Crippen molar-refractivity contribution in [1.29, 1.82) is 0 Å². The van der Waals surface area contributed by atoms with E-state index in [1.807, 2.05) is 0 Å². The lowest BCUT2D eigenvalue weighted by molar-refractivity contribution is 0.0697. The first-order valence-electron chi connectivity index (χ1n) is 5.61. The molecule has 19 heavy (non-hydrogen) atoms. The third-order valence-electron chi connectivity index (χ3n) is 2.84. The van der Waals surface area contributed by atoms with Crippen LogP contribution in [0.5, 0.6) is 0 Å². The van der Waals surface area contributed by atoms with Crippen molar-refractivity contribution in [3.8, 4) is 0 Å². The number of aromatic nitrogens is 2. The lowest BCUT2D eigenvalue weighted by Gasteiger charge is -2.04. The van der Waals surface area contributed by atoms with E-state index in [0.717, 1.165) is 5.56 Å². The molecule has 0 saturated carbocycles. The highest BCUT2D eigenvalue weighted by molar-refractivity contribution is 5.87. The summed E-state index contributed by atoms with van der Waals surface area (Å²) in [6.45, 7) is 1.65. The zero-order valence-corrected chi connectivity index (χ0v) is 10.2. The molecule has 6 nitrogen and oxygen atoms in total. The maximum Gasteiger partial charge on any atom is 0.335 e. The van der Waals surface area contributed by atoms with Crippen molar-refractivity contribution < 1.29 is 9.90 Å². The lowest BCUT2D eigenvalue weighted by Crippen LogP contribution is -2.27. The molecule has 0 fully saturated rings. The summed E-state index contributed by atoms with van der Waals surface area (Å²) in [5.41, 5.74) is 0.997. The molecule has 98 valence electrons. The molecule has 3 N–H and O–H groups in total. The lowest BCUT2D eigenvalue weighted by atomic mass is 10.0. The molecule has 0 atom stereocenters. The molecule has 0 amide bonds. The second-order valence-corrected chi connectivity index (χ2v) is 4.19. The van der Waals surface area contributed by atoms with Gasteiger partial charge in [0.1, 0.15) is 0 Å². The summed E-state index contributed by atoms with van der Waals surface area (Å²) >= 11 is 0. The fourth-order valence-electron chi connectivity index (χ4n) is 1.81. The van der Waals surface area contributed by atoms with Crippen LogP contribution in [0, 0.1) is 6.92 Å². The minimum atomic E-state index is -0.996. The molecule has 0 unspecified atom stereocenters. The summed E-state index contributed by atoms with van der Waals surface area (Å²) in [7, 11) is 0. The number of hydrogen-bond acceptors (Lipinski definition) is 3. The molecule has 2 aromatic rings. The second kappa shape index (κ2) is 4.93. The number of benzene rings is 1. The standard InChI is InChI=1S/C13H12N2O4/c1-7-10(11(16)15-13(19)14-7)6-8-2-4-9(5-3-8)12(17)18/h2-5H,6H2,1H3,(H,17,18)(H2,14,15,16,19). The third-order valence-corrected chi connectivity index (χ3v) is 2.84. The Morgan fingerprint density at radius 3 is 2.32 bits per heavy atom. The van der Waals surface area contributed by atoms with Gasteiger partial charge in [-0.15, -0.1) is 0 Å². The van der Waals surface area contributed by atoms with Crippen LogP contribution in [0.15, 0.2) is 33.9 Å². The van der Waals surface area contributed by atoms with Gasteiger partial charge < -0.3 is 10.1 Å². The smallest absolute Gasteiger partial charge is 0.335 e. The highest BCUT2D eigenvalue weighted by atomic mass is 16.4. The van der Waals surface area contributed by atoms with Crippen molar-refractivity contribution >= 4 is 5.97 Å². The van der Waals surface area contributed by atoms with Gasteiger partial charge in [-0.2, -0.15) is 0 Å². The van der Waals surface area contributed by atoms with Gasteiger partial charge in [0, 0.05) is 17.7 Å². The molecule has 0 bridgehead atoms. The summed E-state index contributed by atoms with van der Waals surface area (Å²) in [6, 6.07) is 6.25. The Morgan fingerprint density at radius 1 is 1.16 bits per heavy atom. The predicted molar refractivity (Wildman–Crippen MR) is 68.6 cm³/mol. The van der Waals surface area contributed by atoms with Crippen LogP contribution in [0.4, 0.5) is 0 Å². The number of carboxylic acid groups (broad SMARTS) is 1. The van der Waals surface area contributed by atoms with Gasteiger partial charge in [0.2, 0.25) is 0 Å². The van der Waals surface area contributed by atoms with Crippen LogP contribution < -0.4 is 11.2 Å². The first-order chi connectivity index (χ1) is 8.97. The van der Waals surface area contributed by atoms with Crippen molar-refractivity contribution in [3.63, 3.8) is 0 Å². The molecule has 2 rings (SSSR count). The summed E-state index contributed by atoms with van der Waals surface area (Å²) in [4.78, 5) is 38.1. The van der Waals surface area contributed by atoms with Gasteiger partial charge in [-0.1, -0.05) is 12.1 Å². The predicted octanol–water partition coefficient (Wildman–Crippen LogP) is 0.661. The molecular formula is C13H12N2O4. The highest BCUT2D eigenvalue weighted by Crippen LogP contribution is 2.09. The minimum Gasteiger partial charge on any atom is -0.478 e. The number of carbonyl (C=O) groups is 1. The maximum atomic E-state index is 11.7. The van der Waals surface area contributed by atoms with E-state index >= 15 is 0 Å². The fourth-order valence-corrected chi connectivity index (χ4v) is 1.81. The van der Waals surface area contributed by atoms with Crippen LogP contribution in [0.2, 0.25) is 0 Å². The van der Waals surface area contributed by atoms with Crippen LogP contribution >= 0.6 is 0 Å². The fraction of sp³-hybridized carbons (Fsp3) is 0.154. The van der Waals surface area contributed by atoms with Gasteiger partial charge in [0.05, 0.1) is 5.56 Å². The number of H-pyrrole nitrogens is 2. The molecule has 1 aromatic heterocycles. The van der Waals surface area contributed by atoms with E-state index < -0.39 is 17.2 Å². The van der Waals surface area contributed by atoms with E-state index in [0.29, 0.717) is 17.7 Å². The van der Waals surface area contributed by atoms with E-state index in [9.17, 15) is 14.4 Å². The average Bonchev–Trinajstić information content (AvgIpc) is 2.34. The van der Waals surface area contributed by atoms with Crippen molar-refractivity contribution in [2.45, 2.75) is 13.3 Å². The SMILES string of the molecule is Cc1[nH]c(=O)[nH]c(=O)c1Cc1ccc(C(=O)O)cc1. The van der Waals surface area contributed by atoms with Gasteiger partial charge in [-0.25, -0.2) is 9.59 Å². The molecule has 1 heterocycles. The Labute approximate surface area is 107 Å². The van der Waals surface area contributed by atoms with Gasteiger partial charge in [-0.3, -0.25) is 9.78 Å². The molecule has 0 saturated heterocycles. The number of aryl methyl sites for hydroxylation is 1. The maximum absolute atomic E-state index is 11.7. The van der Waals surface area contributed by atoms with Crippen LogP contribution in [0.25, 0.3) is 0 Å². The molecule has 0 aliphatic rings. The Balaban J connectivity index is 2.34. The molecule has 6 heteroatoms. The topological polar surface area (TPSA) is 103 Å². The molecule has 1 aromatic carbocycles. The first-order valence-corrected chi connectivity index (χ1v) is 5.61. The van der Waals surface area contributed by atoms with Crippen molar-refractivity contribution in [3.05, 3.63) is 67.5 Å². The monoisotopic (exact) mass is 260 g/mol. The van der Waals surface area contributed by atoms with Crippen molar-refractivity contribution in [2.75, 3.05) is 0 Å². The zero-order valence-electron chi connectivity index (χ0n) is 10.2. The van der Waals surface area contributed by atoms with Gasteiger partial charge in [0.25, 0.3) is 5.56 Å². The van der Waals surface area contributed by atoms with E-state index in [1.165, 1.54) is 12.1 Å². The van der Waals surface area contributed by atoms with E-state index in [-0.39, 0.29) is 5.56 Å². The van der Waals surface area contributed by atoms with E-state index in [4.69, 9.17) is 5.11 Å². The number of nitrogens with one attached hydrogen (secondary N) is 2. The number of carboxylic acids is 1. The summed E-state index contributed by atoms with van der Waals surface area (Å²) in [5, 5.41) is 8.79. The minimum absolute atomic E-state index is 0.191. The van der Waals surface area contributed by atoms with Crippen LogP contribution in [0.1, 0.15) is 27.2 Å². The van der Waals surface area contributed by atoms with Gasteiger partial charge in [-0.05, 0) is 24.6 Å². The number of hydrogen-bond donors (Lipinski definition) is 3. The summed E-state index contributed by atoms with van der Waals surface area (Å²) < 4.78 is 0. The largest absolute Gasteiger partial charge is 0.478 e. The summed E-state index contributed by atoms with van der Waals surface area (Å²) in [5.74, 6) is -0.996. The molecule has 0 spiro atoms. The van der Waals surface area contributed by atoms with Crippen molar-refractivity contribution in [1.82, 2.24) is 9.97 Å². The first kappa shape index (κ1) is 12.8. The Bertz CT molecular complexity index is 726. The number of rotatable bonds is 3. The van der Waals surface area contributed by atoms with Crippen LogP contribution in [0.3, 0.4) is 0 Å². The van der Waals surface area contributed by atoms with E-state index in [1.54, 1.807) is 19.1 Å². The molecule has 0 radical (unpaired) electrons. The van der Waals surface area contributed by atoms with Gasteiger partial charge in [0.15, 0.2) is 0 Å². The molecule has 0 aliphatic carbocycles. The van der Waals surface area contributed by atoms with E-state index in [2.05, 4.69) is 9.97 Å². The third kappa shape index (κ3) is 2.79. The molecular weight excluding hydrogens is 248 g/mol. The van der Waals surface area contributed by atoms with Crippen LogP contribution in [-0.4, -0.2) is 21.0 Å². The van der Waals surface area contributed by atoms with Gasteiger partial charge >= 0.3 is 11.7 Å². The number of aromatic amines is 2. The normalized spacial score (nSPS) is 10.4. The Kier molecular flexibility index (Phi) is 3.33. The number of aromatic carboxylic acids is 1. The molecule has 0 aliphatic heterocycles. The summed E-state index contributed by atoms with van der Waals surface area (Å²) in [6.07, 6.45) is 0.331. The van der Waals surface area contributed by atoms with Crippen LogP contribution in [-0.2, 0) is 6.42 Å².